The lowest BCUT2D eigenvalue weighted by Gasteiger charge is -2.34. The van der Waals surface area contributed by atoms with Gasteiger partial charge in [-0.05, 0) is 44.3 Å². The van der Waals surface area contributed by atoms with E-state index in [0.29, 0.717) is 25.4 Å². The number of aromatic nitrogens is 2. The lowest BCUT2D eigenvalue weighted by molar-refractivity contribution is -0.138. The van der Waals surface area contributed by atoms with E-state index in [1.807, 2.05) is 19.2 Å². The summed E-state index contributed by atoms with van der Waals surface area (Å²) in [5.41, 5.74) is 0.833. The number of hydrogen-bond acceptors (Lipinski definition) is 6. The van der Waals surface area contributed by atoms with Crippen LogP contribution in [-0.4, -0.2) is 64.2 Å². The Bertz CT molecular complexity index is 582. The molecule has 1 saturated heterocycles. The van der Waals surface area contributed by atoms with Gasteiger partial charge in [-0.25, -0.2) is 0 Å². The summed E-state index contributed by atoms with van der Waals surface area (Å²) in [7, 11) is 0. The van der Waals surface area contributed by atoms with Gasteiger partial charge in [-0.3, -0.25) is 9.59 Å². The van der Waals surface area contributed by atoms with Gasteiger partial charge in [0.1, 0.15) is 12.1 Å². The van der Waals surface area contributed by atoms with E-state index in [4.69, 9.17) is 4.74 Å². The molecule has 0 aliphatic carbocycles. The van der Waals surface area contributed by atoms with E-state index in [0.717, 1.165) is 24.3 Å². The van der Waals surface area contributed by atoms with E-state index in [2.05, 4.69) is 15.5 Å². The maximum absolute atomic E-state index is 12.8. The van der Waals surface area contributed by atoms with Crippen molar-refractivity contribution in [1.29, 1.82) is 0 Å². The molecule has 0 aromatic carbocycles. The predicted octanol–water partition coefficient (Wildman–Crippen LogP) is 1.41. The summed E-state index contributed by atoms with van der Waals surface area (Å²) in [5.74, 6) is 1.08. The van der Waals surface area contributed by atoms with Gasteiger partial charge in [-0.15, -0.1) is 5.10 Å². The molecule has 1 aliphatic heterocycles. The van der Waals surface area contributed by atoms with Gasteiger partial charge in [0.15, 0.2) is 0 Å². The van der Waals surface area contributed by atoms with E-state index in [-0.39, 0.29) is 17.9 Å². The van der Waals surface area contributed by atoms with E-state index in [1.165, 1.54) is 6.92 Å². The van der Waals surface area contributed by atoms with Gasteiger partial charge in [-0.1, -0.05) is 0 Å². The summed E-state index contributed by atoms with van der Waals surface area (Å²) in [6.07, 6.45) is 4.25. The number of nitrogens with zero attached hydrogens (tertiary/aromatic N) is 3. The van der Waals surface area contributed by atoms with Crippen LogP contribution in [0.4, 0.5) is 0 Å². The quantitative estimate of drug-likeness (QED) is 0.785. The Morgan fingerprint density at radius 1 is 1.44 bits per heavy atom. The van der Waals surface area contributed by atoms with Gasteiger partial charge in [0, 0.05) is 19.5 Å². The van der Waals surface area contributed by atoms with Crippen LogP contribution in [0.3, 0.4) is 0 Å². The molecule has 1 aromatic rings. The molecular formula is C17H26N4O3S. The fourth-order valence-corrected chi connectivity index (χ4v) is 3.29. The van der Waals surface area contributed by atoms with Gasteiger partial charge >= 0.3 is 0 Å². The number of hydrogen-bond donors (Lipinski definition) is 1. The number of piperidine rings is 1. The molecule has 1 fully saturated rings. The first-order valence-corrected chi connectivity index (χ1v) is 9.90. The number of likely N-dealkylation sites (tertiary alicyclic amines) is 1. The van der Waals surface area contributed by atoms with Crippen molar-refractivity contribution in [2.45, 2.75) is 45.3 Å². The first-order valence-electron chi connectivity index (χ1n) is 8.51. The fourth-order valence-electron chi connectivity index (χ4n) is 2.81. The molecule has 1 aromatic heterocycles. The first kappa shape index (κ1) is 19.5. The maximum atomic E-state index is 12.8. The molecule has 0 saturated carbocycles. The summed E-state index contributed by atoms with van der Waals surface area (Å²) in [6, 6.07) is 3.17. The van der Waals surface area contributed by atoms with E-state index < -0.39 is 6.04 Å². The zero-order valence-electron chi connectivity index (χ0n) is 15.0. The Balaban J connectivity index is 1.96. The Morgan fingerprint density at radius 2 is 2.24 bits per heavy atom. The van der Waals surface area contributed by atoms with Crippen molar-refractivity contribution in [3.63, 3.8) is 0 Å². The third kappa shape index (κ3) is 6.19. The number of nitrogens with one attached hydrogen (secondary N) is 1. The van der Waals surface area contributed by atoms with Gasteiger partial charge < -0.3 is 15.0 Å². The Labute approximate surface area is 152 Å². The van der Waals surface area contributed by atoms with E-state index in [9.17, 15) is 9.59 Å². The van der Waals surface area contributed by atoms with Crippen molar-refractivity contribution in [2.75, 3.05) is 25.1 Å². The lowest BCUT2D eigenvalue weighted by Crippen LogP contribution is -2.52. The summed E-state index contributed by atoms with van der Waals surface area (Å²) in [6.45, 7) is 4.50. The minimum Gasteiger partial charge on any atom is -0.471 e. The number of rotatable bonds is 7. The van der Waals surface area contributed by atoms with Crippen LogP contribution < -0.4 is 10.1 Å². The molecule has 0 spiro atoms. The zero-order chi connectivity index (χ0) is 18.2. The molecule has 2 amide bonds. The molecule has 25 heavy (non-hydrogen) atoms. The summed E-state index contributed by atoms with van der Waals surface area (Å²) in [5, 5.41) is 10.8. The molecule has 8 heteroatoms. The molecule has 1 aliphatic rings. The monoisotopic (exact) mass is 366 g/mol. The molecular weight excluding hydrogens is 340 g/mol. The molecule has 2 atom stereocenters. The topological polar surface area (TPSA) is 84.4 Å². The van der Waals surface area contributed by atoms with Crippen LogP contribution in [0.25, 0.3) is 0 Å². The minimum absolute atomic E-state index is 0.0347. The number of thioether (sulfide) groups is 1. The van der Waals surface area contributed by atoms with Crippen LogP contribution in [-0.2, 0) is 9.59 Å². The fraction of sp³-hybridized carbons (Fsp3) is 0.647. The van der Waals surface area contributed by atoms with Gasteiger partial charge in [0.05, 0.1) is 12.2 Å². The number of aryl methyl sites for hydroxylation is 1. The molecule has 7 nitrogen and oxygen atoms in total. The van der Waals surface area contributed by atoms with Gasteiger partial charge in [-0.2, -0.15) is 16.9 Å². The molecule has 0 unspecified atom stereocenters. The number of ether oxygens (including phenoxy) is 1. The van der Waals surface area contributed by atoms with Crippen molar-refractivity contribution in [3.05, 3.63) is 17.8 Å². The maximum Gasteiger partial charge on any atom is 0.245 e. The highest BCUT2D eigenvalue weighted by molar-refractivity contribution is 7.98. The summed E-state index contributed by atoms with van der Waals surface area (Å²) < 4.78 is 5.87. The van der Waals surface area contributed by atoms with Crippen molar-refractivity contribution in [2.24, 2.45) is 0 Å². The van der Waals surface area contributed by atoms with Crippen molar-refractivity contribution < 1.29 is 14.3 Å². The smallest absolute Gasteiger partial charge is 0.245 e. The number of amides is 2. The summed E-state index contributed by atoms with van der Waals surface area (Å²) >= 11 is 1.66. The highest BCUT2D eigenvalue weighted by Gasteiger charge is 2.30. The van der Waals surface area contributed by atoms with Gasteiger partial charge in [0.2, 0.25) is 17.7 Å². The molecule has 1 N–H and O–H groups in total. The second-order valence-corrected chi connectivity index (χ2v) is 7.20. The van der Waals surface area contributed by atoms with Crippen LogP contribution in [0.2, 0.25) is 0 Å². The average molecular weight is 366 g/mol. The molecule has 2 rings (SSSR count). The molecule has 0 radical (unpaired) electrons. The standard InChI is InChI=1S/C17H26N4O3S/c1-12-6-7-16(20-19-12)24-14-5-4-9-21(11-14)17(23)15(8-10-25-3)18-13(2)22/h6-7,14-15H,4-5,8-11H2,1-3H3,(H,18,22)/t14-,15+/m0/s1. The highest BCUT2D eigenvalue weighted by atomic mass is 32.2. The highest BCUT2D eigenvalue weighted by Crippen LogP contribution is 2.18. The van der Waals surface area contributed by atoms with Crippen LogP contribution in [0, 0.1) is 6.92 Å². The normalized spacial score (nSPS) is 18.5. The Morgan fingerprint density at radius 3 is 2.88 bits per heavy atom. The number of carbonyl (C=O) groups is 2. The van der Waals surface area contributed by atoms with Crippen LogP contribution in [0.15, 0.2) is 12.1 Å². The SMILES string of the molecule is CSCC[C@@H](NC(C)=O)C(=O)N1CCC[C@H](Oc2ccc(C)nn2)C1. The Hall–Kier alpha value is -1.83. The van der Waals surface area contributed by atoms with Gasteiger partial charge in [0.25, 0.3) is 0 Å². The predicted molar refractivity (Wildman–Crippen MR) is 97.6 cm³/mol. The minimum atomic E-state index is -0.470. The van der Waals surface area contributed by atoms with Crippen molar-refractivity contribution >= 4 is 23.6 Å². The largest absolute Gasteiger partial charge is 0.471 e. The first-order chi connectivity index (χ1) is 12.0. The average Bonchev–Trinajstić information content (AvgIpc) is 2.60. The zero-order valence-corrected chi connectivity index (χ0v) is 15.8. The van der Waals surface area contributed by atoms with E-state index in [1.54, 1.807) is 22.7 Å². The van der Waals surface area contributed by atoms with Crippen LogP contribution >= 0.6 is 11.8 Å². The molecule has 138 valence electrons. The number of carbonyl (C=O) groups excluding carboxylic acids is 2. The second kappa shape index (κ2) is 9.60. The van der Waals surface area contributed by atoms with E-state index >= 15 is 0 Å². The Kier molecular flexibility index (Phi) is 7.49. The summed E-state index contributed by atoms with van der Waals surface area (Å²) in [4.78, 5) is 26.0. The van der Waals surface area contributed by atoms with Crippen LogP contribution in [0.5, 0.6) is 5.88 Å². The second-order valence-electron chi connectivity index (χ2n) is 6.21. The van der Waals surface area contributed by atoms with Crippen LogP contribution in [0.1, 0.15) is 31.9 Å². The third-order valence-electron chi connectivity index (χ3n) is 4.04. The lowest BCUT2D eigenvalue weighted by atomic mass is 10.1. The molecule has 2 heterocycles. The third-order valence-corrected chi connectivity index (χ3v) is 4.68. The molecule has 0 bridgehead atoms. The van der Waals surface area contributed by atoms with Crippen molar-refractivity contribution in [3.8, 4) is 5.88 Å². The van der Waals surface area contributed by atoms with Crippen molar-refractivity contribution in [1.82, 2.24) is 20.4 Å².